The summed E-state index contributed by atoms with van der Waals surface area (Å²) in [5, 5.41) is 5.67. The highest BCUT2D eigenvalue weighted by Gasteiger charge is 2.13. The van der Waals surface area contributed by atoms with Crippen LogP contribution in [0.5, 0.6) is 0 Å². The lowest BCUT2D eigenvalue weighted by atomic mass is 10.1. The third-order valence-corrected chi connectivity index (χ3v) is 3.26. The first-order valence-corrected chi connectivity index (χ1v) is 5.72. The molecule has 0 aliphatic carbocycles. The highest BCUT2D eigenvalue weighted by molar-refractivity contribution is 6.36. The minimum absolute atomic E-state index is 0.644. The van der Waals surface area contributed by atoms with Gasteiger partial charge in [-0.05, 0) is 37.6 Å². The third kappa shape index (κ3) is 1.83. The van der Waals surface area contributed by atoms with Gasteiger partial charge in [-0.25, -0.2) is 0 Å². The predicted molar refractivity (Wildman–Crippen MR) is 68.1 cm³/mol. The van der Waals surface area contributed by atoms with Gasteiger partial charge >= 0.3 is 0 Å². The molecule has 1 heterocycles. The molecule has 0 bridgehead atoms. The van der Waals surface area contributed by atoms with Crippen molar-refractivity contribution in [3.05, 3.63) is 39.5 Å². The van der Waals surface area contributed by atoms with Crippen molar-refractivity contribution in [1.29, 1.82) is 0 Å². The van der Waals surface area contributed by atoms with E-state index in [1.54, 1.807) is 6.07 Å². The SMILES string of the molecule is Cc1nn(C)c(-c2ccc(Cl)cc2Cl)c1C. The summed E-state index contributed by atoms with van der Waals surface area (Å²) >= 11 is 12.1. The largest absolute Gasteiger partial charge is 0.267 e. The van der Waals surface area contributed by atoms with E-state index in [1.165, 1.54) is 0 Å². The Morgan fingerprint density at radius 3 is 2.38 bits per heavy atom. The summed E-state index contributed by atoms with van der Waals surface area (Å²) in [7, 11) is 1.92. The van der Waals surface area contributed by atoms with Crippen LogP contribution < -0.4 is 0 Å². The number of aromatic nitrogens is 2. The standard InChI is InChI=1S/C12H12Cl2N2/c1-7-8(2)15-16(3)12(7)10-5-4-9(13)6-11(10)14/h4-6H,1-3H3. The van der Waals surface area contributed by atoms with Gasteiger partial charge < -0.3 is 0 Å². The normalized spacial score (nSPS) is 10.8. The van der Waals surface area contributed by atoms with Crippen LogP contribution in [0.25, 0.3) is 11.3 Å². The zero-order chi connectivity index (χ0) is 11.9. The molecule has 2 aromatic rings. The topological polar surface area (TPSA) is 17.8 Å². The fraction of sp³-hybridized carbons (Fsp3) is 0.250. The molecule has 0 saturated carbocycles. The Labute approximate surface area is 105 Å². The molecule has 16 heavy (non-hydrogen) atoms. The van der Waals surface area contributed by atoms with Gasteiger partial charge in [0.15, 0.2) is 0 Å². The first kappa shape index (κ1) is 11.5. The maximum atomic E-state index is 6.19. The average molecular weight is 255 g/mol. The second-order valence-electron chi connectivity index (χ2n) is 3.81. The summed E-state index contributed by atoms with van der Waals surface area (Å²) in [6.45, 7) is 4.03. The lowest BCUT2D eigenvalue weighted by Crippen LogP contribution is -1.95. The zero-order valence-corrected chi connectivity index (χ0v) is 10.9. The lowest BCUT2D eigenvalue weighted by Gasteiger charge is -2.06. The van der Waals surface area contributed by atoms with Crippen molar-refractivity contribution in [3.63, 3.8) is 0 Å². The first-order valence-electron chi connectivity index (χ1n) is 4.96. The Morgan fingerprint density at radius 2 is 1.88 bits per heavy atom. The summed E-state index contributed by atoms with van der Waals surface area (Å²) in [4.78, 5) is 0. The highest BCUT2D eigenvalue weighted by Crippen LogP contribution is 2.32. The third-order valence-electron chi connectivity index (χ3n) is 2.71. The van der Waals surface area contributed by atoms with Crippen LogP contribution in [0.4, 0.5) is 0 Å². The molecule has 0 aliphatic heterocycles. The molecule has 84 valence electrons. The summed E-state index contributed by atoms with van der Waals surface area (Å²) in [5.41, 5.74) is 4.17. The van der Waals surface area contributed by atoms with Crippen molar-refractivity contribution in [2.45, 2.75) is 13.8 Å². The zero-order valence-electron chi connectivity index (χ0n) is 9.38. The number of benzene rings is 1. The molecule has 0 atom stereocenters. The molecule has 0 aliphatic rings. The summed E-state index contributed by atoms with van der Waals surface area (Å²) in [6.07, 6.45) is 0. The Bertz CT molecular complexity index is 544. The summed E-state index contributed by atoms with van der Waals surface area (Å²) < 4.78 is 1.85. The molecular formula is C12H12Cl2N2. The summed E-state index contributed by atoms with van der Waals surface area (Å²) in [6, 6.07) is 5.51. The van der Waals surface area contributed by atoms with Crippen molar-refractivity contribution < 1.29 is 0 Å². The van der Waals surface area contributed by atoms with Gasteiger partial charge in [-0.15, -0.1) is 0 Å². The van der Waals surface area contributed by atoms with Gasteiger partial charge in [0.1, 0.15) is 0 Å². The van der Waals surface area contributed by atoms with Crippen molar-refractivity contribution in [3.8, 4) is 11.3 Å². The van der Waals surface area contributed by atoms with E-state index in [1.807, 2.05) is 37.7 Å². The van der Waals surface area contributed by atoms with Crippen LogP contribution in [0.3, 0.4) is 0 Å². The van der Waals surface area contributed by atoms with Crippen LogP contribution in [0, 0.1) is 13.8 Å². The number of hydrogen-bond acceptors (Lipinski definition) is 1. The van der Waals surface area contributed by atoms with Crippen LogP contribution in [0.2, 0.25) is 10.0 Å². The number of nitrogens with zero attached hydrogens (tertiary/aromatic N) is 2. The quantitative estimate of drug-likeness (QED) is 0.752. The lowest BCUT2D eigenvalue weighted by molar-refractivity contribution is 0.764. The number of halogens is 2. The smallest absolute Gasteiger partial charge is 0.0725 e. The van der Waals surface area contributed by atoms with Crippen molar-refractivity contribution in [2.75, 3.05) is 0 Å². The van der Waals surface area contributed by atoms with Crippen molar-refractivity contribution in [2.24, 2.45) is 7.05 Å². The Kier molecular flexibility index (Phi) is 2.96. The maximum Gasteiger partial charge on any atom is 0.0725 e. The molecule has 2 nitrogen and oxygen atoms in total. The van der Waals surface area contributed by atoms with Gasteiger partial charge in [0.25, 0.3) is 0 Å². The molecule has 0 saturated heterocycles. The fourth-order valence-corrected chi connectivity index (χ4v) is 2.32. The molecule has 1 aromatic carbocycles. The van der Waals surface area contributed by atoms with Gasteiger partial charge in [0.05, 0.1) is 16.4 Å². The van der Waals surface area contributed by atoms with E-state index in [2.05, 4.69) is 5.10 Å². The summed E-state index contributed by atoms with van der Waals surface area (Å²) in [5.74, 6) is 0. The van der Waals surface area contributed by atoms with Crippen LogP contribution >= 0.6 is 23.2 Å². The predicted octanol–water partition coefficient (Wildman–Crippen LogP) is 4.01. The van der Waals surface area contributed by atoms with Crippen LogP contribution in [-0.2, 0) is 7.05 Å². The maximum absolute atomic E-state index is 6.19. The molecule has 1 aromatic heterocycles. The minimum Gasteiger partial charge on any atom is -0.267 e. The molecule has 0 unspecified atom stereocenters. The molecule has 4 heteroatoms. The second-order valence-corrected chi connectivity index (χ2v) is 4.65. The van der Waals surface area contributed by atoms with Crippen molar-refractivity contribution >= 4 is 23.2 Å². The van der Waals surface area contributed by atoms with Gasteiger partial charge in [-0.3, -0.25) is 4.68 Å². The second kappa shape index (κ2) is 4.11. The molecule has 2 rings (SSSR count). The van der Waals surface area contributed by atoms with Crippen LogP contribution in [-0.4, -0.2) is 9.78 Å². The van der Waals surface area contributed by atoms with Gasteiger partial charge in [-0.1, -0.05) is 23.2 Å². The molecule has 0 N–H and O–H groups in total. The van der Waals surface area contributed by atoms with E-state index >= 15 is 0 Å². The van der Waals surface area contributed by atoms with E-state index < -0.39 is 0 Å². The minimum atomic E-state index is 0.644. The highest BCUT2D eigenvalue weighted by atomic mass is 35.5. The van der Waals surface area contributed by atoms with Crippen molar-refractivity contribution in [1.82, 2.24) is 9.78 Å². The molecule has 0 spiro atoms. The fourth-order valence-electron chi connectivity index (χ4n) is 1.82. The van der Waals surface area contributed by atoms with Crippen LogP contribution in [0.1, 0.15) is 11.3 Å². The van der Waals surface area contributed by atoms with Gasteiger partial charge in [0.2, 0.25) is 0 Å². The Morgan fingerprint density at radius 1 is 1.19 bits per heavy atom. The monoisotopic (exact) mass is 254 g/mol. The Hall–Kier alpha value is -0.990. The molecule has 0 radical (unpaired) electrons. The molecule has 0 fully saturated rings. The Balaban J connectivity index is 2.67. The van der Waals surface area contributed by atoms with E-state index in [0.29, 0.717) is 10.0 Å². The van der Waals surface area contributed by atoms with E-state index in [4.69, 9.17) is 23.2 Å². The van der Waals surface area contributed by atoms with E-state index in [-0.39, 0.29) is 0 Å². The average Bonchev–Trinajstić information content (AvgIpc) is 2.43. The molecule has 0 amide bonds. The van der Waals surface area contributed by atoms with Crippen LogP contribution in [0.15, 0.2) is 18.2 Å². The first-order chi connectivity index (χ1) is 7.50. The van der Waals surface area contributed by atoms with Gasteiger partial charge in [-0.2, -0.15) is 5.10 Å². The number of aryl methyl sites for hydroxylation is 2. The van der Waals surface area contributed by atoms with Gasteiger partial charge in [0, 0.05) is 17.6 Å². The number of rotatable bonds is 1. The van der Waals surface area contributed by atoms with E-state index in [9.17, 15) is 0 Å². The molecular weight excluding hydrogens is 243 g/mol. The van der Waals surface area contributed by atoms with E-state index in [0.717, 1.165) is 22.5 Å². The number of hydrogen-bond donors (Lipinski definition) is 0.